The van der Waals surface area contributed by atoms with Crippen LogP contribution in [0.2, 0.25) is 0 Å². The molecular formula is C41H42N6O11. The number of nitrogens with one attached hydrogen (secondary N) is 2. The first kappa shape index (κ1) is 38.5. The molecule has 3 fully saturated rings. The molecule has 58 heavy (non-hydrogen) atoms. The second-order valence-electron chi connectivity index (χ2n) is 15.0. The number of amides is 5. The van der Waals surface area contributed by atoms with Crippen molar-refractivity contribution < 1.29 is 47.8 Å². The molecule has 17 heteroatoms. The van der Waals surface area contributed by atoms with E-state index in [1.54, 1.807) is 45.9 Å². The highest BCUT2D eigenvalue weighted by Crippen LogP contribution is 2.50. The fraction of sp³-hybridized carbons (Fsp3) is 0.390. The van der Waals surface area contributed by atoms with Crippen LogP contribution in [0.1, 0.15) is 52.8 Å². The van der Waals surface area contributed by atoms with Crippen LogP contribution in [0.5, 0.6) is 23.0 Å². The van der Waals surface area contributed by atoms with Crippen molar-refractivity contribution in [1.82, 2.24) is 30.1 Å². The first-order chi connectivity index (χ1) is 28.0. The maximum absolute atomic E-state index is 13.0. The summed E-state index contributed by atoms with van der Waals surface area (Å²) in [7, 11) is 4.83. The Morgan fingerprint density at radius 1 is 0.914 bits per heavy atom. The van der Waals surface area contributed by atoms with Gasteiger partial charge in [-0.3, -0.25) is 44.0 Å². The predicted molar refractivity (Wildman–Crippen MR) is 205 cm³/mol. The summed E-state index contributed by atoms with van der Waals surface area (Å²) in [4.78, 5) is 86.4. The Labute approximate surface area is 332 Å². The molecule has 2 saturated heterocycles. The van der Waals surface area contributed by atoms with Gasteiger partial charge in [-0.2, -0.15) is 0 Å². The molecule has 4 aliphatic rings. The zero-order chi connectivity index (χ0) is 40.7. The van der Waals surface area contributed by atoms with Gasteiger partial charge in [-0.25, -0.2) is 0 Å². The highest BCUT2D eigenvalue weighted by atomic mass is 16.7. The lowest BCUT2D eigenvalue weighted by Gasteiger charge is -2.57. The van der Waals surface area contributed by atoms with E-state index in [2.05, 4.69) is 15.6 Å². The van der Waals surface area contributed by atoms with E-state index in [0.29, 0.717) is 41.5 Å². The zero-order valence-corrected chi connectivity index (χ0v) is 32.2. The number of carbonyl (C=O) groups excluding carboxylic acids is 5. The summed E-state index contributed by atoms with van der Waals surface area (Å²) >= 11 is 0. The van der Waals surface area contributed by atoms with Crippen LogP contribution in [-0.2, 0) is 26.2 Å². The zero-order valence-electron chi connectivity index (χ0n) is 32.2. The number of rotatable bonds is 14. The van der Waals surface area contributed by atoms with Crippen molar-refractivity contribution >= 4 is 40.3 Å². The number of hydroxylamine groups is 2. The number of ether oxygens (including phenoxy) is 4. The number of nitrogens with zero attached hydrogens (tertiary/aromatic N) is 4. The smallest absolute Gasteiger partial charge is 0.262 e. The number of hydrogen-bond donors (Lipinski definition) is 2. The molecule has 0 bridgehead atoms. The van der Waals surface area contributed by atoms with Gasteiger partial charge in [0, 0.05) is 68.6 Å². The number of piperidine rings is 1. The summed E-state index contributed by atoms with van der Waals surface area (Å²) in [5.41, 5.74) is 1.82. The van der Waals surface area contributed by atoms with E-state index in [1.165, 1.54) is 16.7 Å². The summed E-state index contributed by atoms with van der Waals surface area (Å²) in [6, 6.07) is 9.06. The largest absolute Gasteiger partial charge is 0.493 e. The Morgan fingerprint density at radius 3 is 2.38 bits per heavy atom. The van der Waals surface area contributed by atoms with E-state index in [4.69, 9.17) is 23.8 Å². The van der Waals surface area contributed by atoms with Crippen molar-refractivity contribution in [1.29, 1.82) is 0 Å². The third-order valence-electron chi connectivity index (χ3n) is 11.1. The molecular weight excluding hydrogens is 752 g/mol. The Balaban J connectivity index is 0.757. The number of imide groups is 2. The topological polar surface area (TPSA) is 197 Å². The van der Waals surface area contributed by atoms with E-state index in [9.17, 15) is 28.8 Å². The molecule has 302 valence electrons. The molecule has 1 spiro atoms. The summed E-state index contributed by atoms with van der Waals surface area (Å²) < 4.78 is 24.3. The van der Waals surface area contributed by atoms with Gasteiger partial charge in [0.15, 0.2) is 11.5 Å². The van der Waals surface area contributed by atoms with Gasteiger partial charge in [-0.1, -0.05) is 0 Å². The standard InChI is InChI=1S/C41H42N6O11/c1-45-20-30(26-8-10-42-19-29(26)38(45)51)23-14-32(54-2)36(33(15-23)55-3)58-46-21-41(22-46)17-24(18-41)43-35(49)9-11-56-12-13-57-25-4-5-27-28(16-25)40(53)47(39(27)52)31-6-7-34(48)44-37(31)50/h4-5,8,10,14-16,19-20,24,31H,6-7,9,11-13,17-18,21-22H2,1-3H3,(H,43,49)(H,44,48,50). The molecule has 17 nitrogen and oxygen atoms in total. The minimum Gasteiger partial charge on any atom is -0.493 e. The summed E-state index contributed by atoms with van der Waals surface area (Å²) in [6.07, 6.45) is 6.97. The number of fused-ring (bicyclic) bond motifs is 2. The maximum Gasteiger partial charge on any atom is 0.262 e. The first-order valence-corrected chi connectivity index (χ1v) is 19.0. The van der Waals surface area contributed by atoms with Gasteiger partial charge in [0.2, 0.25) is 23.5 Å². The molecule has 5 amide bonds. The Kier molecular flexibility index (Phi) is 10.3. The number of benzene rings is 2. The van der Waals surface area contributed by atoms with Crippen LogP contribution in [0.15, 0.2) is 59.8 Å². The normalized spacial score (nSPS) is 18.7. The Hall–Kier alpha value is -6.33. The number of methoxy groups -OCH3 is 2. The van der Waals surface area contributed by atoms with Crippen molar-refractivity contribution in [2.24, 2.45) is 12.5 Å². The number of pyridine rings is 2. The molecule has 5 heterocycles. The quantitative estimate of drug-likeness (QED) is 0.140. The van der Waals surface area contributed by atoms with Crippen LogP contribution >= 0.6 is 0 Å². The molecule has 1 atom stereocenters. The molecule has 4 aromatic rings. The summed E-state index contributed by atoms with van der Waals surface area (Å²) in [6.45, 7) is 1.91. The summed E-state index contributed by atoms with van der Waals surface area (Å²) in [5, 5.41) is 8.40. The van der Waals surface area contributed by atoms with Crippen LogP contribution in [-0.4, -0.2) is 108 Å². The van der Waals surface area contributed by atoms with Crippen LogP contribution in [0.25, 0.3) is 21.9 Å². The lowest BCUT2D eigenvalue weighted by molar-refractivity contribution is -0.215. The third-order valence-corrected chi connectivity index (χ3v) is 11.1. The molecule has 1 unspecified atom stereocenters. The molecule has 2 aromatic heterocycles. The van der Waals surface area contributed by atoms with Crippen LogP contribution in [0.4, 0.5) is 0 Å². The van der Waals surface area contributed by atoms with E-state index in [-0.39, 0.29) is 73.1 Å². The van der Waals surface area contributed by atoms with Gasteiger partial charge in [-0.05, 0) is 66.6 Å². The minimum absolute atomic E-state index is 0.0431. The van der Waals surface area contributed by atoms with E-state index in [1.807, 2.05) is 23.3 Å². The molecule has 1 aliphatic carbocycles. The third kappa shape index (κ3) is 7.22. The van der Waals surface area contributed by atoms with E-state index < -0.39 is 29.7 Å². The van der Waals surface area contributed by atoms with Crippen molar-refractivity contribution in [3.8, 4) is 34.1 Å². The Bertz CT molecular complexity index is 2370. The molecule has 2 aromatic carbocycles. The lowest BCUT2D eigenvalue weighted by atomic mass is 9.61. The number of hydrogen-bond acceptors (Lipinski definition) is 13. The van der Waals surface area contributed by atoms with E-state index >= 15 is 0 Å². The van der Waals surface area contributed by atoms with Gasteiger partial charge in [0.25, 0.3) is 17.4 Å². The Morgan fingerprint density at radius 2 is 1.66 bits per heavy atom. The molecule has 1 saturated carbocycles. The SMILES string of the molecule is COc1cc(-c2cn(C)c(=O)c3cnccc23)cc(OC)c1ON1CC2(CC(NC(=O)CCOCCOc3ccc4c(c3)C(=O)N(C3CCC(=O)NC3=O)C4=O)C2)C1. The van der Waals surface area contributed by atoms with E-state index in [0.717, 1.165) is 34.3 Å². The molecule has 3 aliphatic heterocycles. The van der Waals surface area contributed by atoms with Crippen molar-refractivity contribution in [2.75, 3.05) is 47.1 Å². The van der Waals surface area contributed by atoms with Gasteiger partial charge in [-0.15, -0.1) is 5.06 Å². The number of carbonyl (C=O) groups is 5. The van der Waals surface area contributed by atoms with Crippen LogP contribution in [0.3, 0.4) is 0 Å². The maximum atomic E-state index is 13.0. The van der Waals surface area contributed by atoms with Crippen LogP contribution in [0, 0.1) is 5.41 Å². The average molecular weight is 795 g/mol. The minimum atomic E-state index is -1.04. The second kappa shape index (κ2) is 15.5. The van der Waals surface area contributed by atoms with Gasteiger partial charge < -0.3 is 33.7 Å². The monoisotopic (exact) mass is 794 g/mol. The van der Waals surface area contributed by atoms with Crippen molar-refractivity contribution in [3.63, 3.8) is 0 Å². The fourth-order valence-electron chi connectivity index (χ4n) is 8.23. The first-order valence-electron chi connectivity index (χ1n) is 19.0. The van der Waals surface area contributed by atoms with Gasteiger partial charge >= 0.3 is 0 Å². The number of aryl methyl sites for hydroxylation is 1. The highest BCUT2D eigenvalue weighted by molar-refractivity contribution is 6.23. The van der Waals surface area contributed by atoms with Gasteiger partial charge in [0.1, 0.15) is 18.4 Å². The average Bonchev–Trinajstić information content (AvgIpc) is 3.43. The summed E-state index contributed by atoms with van der Waals surface area (Å²) in [5.74, 6) is -0.639. The van der Waals surface area contributed by atoms with Crippen molar-refractivity contribution in [3.05, 3.63) is 76.5 Å². The number of aromatic nitrogens is 2. The molecule has 0 radical (unpaired) electrons. The highest BCUT2D eigenvalue weighted by Gasteiger charge is 2.54. The predicted octanol–water partition coefficient (Wildman–Crippen LogP) is 2.38. The van der Waals surface area contributed by atoms with Gasteiger partial charge in [0.05, 0.1) is 43.9 Å². The van der Waals surface area contributed by atoms with Crippen LogP contribution < -0.4 is 35.2 Å². The lowest BCUT2D eigenvalue weighted by Crippen LogP contribution is -2.67. The molecule has 2 N–H and O–H groups in total. The second-order valence-corrected chi connectivity index (χ2v) is 15.0. The fourth-order valence-corrected chi connectivity index (χ4v) is 8.23. The van der Waals surface area contributed by atoms with Crippen molar-refractivity contribution in [2.45, 2.75) is 44.2 Å². The molecule has 8 rings (SSSR count).